The Morgan fingerprint density at radius 3 is 2.10 bits per heavy atom. The van der Waals surface area contributed by atoms with E-state index in [2.05, 4.69) is 47.6 Å². The molecular formula is C40H42F3N3O2. The summed E-state index contributed by atoms with van der Waals surface area (Å²) in [7, 11) is 0. The smallest absolute Gasteiger partial charge is 0.416 e. The first-order chi connectivity index (χ1) is 23.4. The molecule has 0 bridgehead atoms. The van der Waals surface area contributed by atoms with Gasteiger partial charge < -0.3 is 14.0 Å². The van der Waals surface area contributed by atoms with Crippen LogP contribution in [0, 0.1) is 0 Å². The van der Waals surface area contributed by atoms with E-state index >= 15 is 0 Å². The van der Waals surface area contributed by atoms with Gasteiger partial charge in [-0.2, -0.15) is 13.2 Å². The molecule has 4 aromatic carbocycles. The standard InChI is InChI=1S/C40H42F3N3O2/c1-3-5-20-34(38-37(31-15-9-7-10-16-31)44-39(46(38)23-6-4-2)32-17-11-8-12-18-32)45(26-29-14-13-19-33(24-29)40(41,42)43)27-30-21-22-35-36(25-30)48-28-47-35/h7-19,21-22,24-25,34H,3-6,20,23,26-28H2,1-2H3. The largest absolute Gasteiger partial charge is 0.454 e. The number of nitrogens with zero attached hydrogens (tertiary/aromatic N) is 3. The van der Waals surface area contributed by atoms with Crippen molar-refractivity contribution in [3.63, 3.8) is 0 Å². The van der Waals surface area contributed by atoms with Crippen LogP contribution in [0.3, 0.4) is 0 Å². The average molecular weight is 654 g/mol. The molecule has 1 atom stereocenters. The first-order valence-electron chi connectivity index (χ1n) is 16.9. The molecule has 0 aliphatic carbocycles. The molecule has 0 N–H and O–H groups in total. The fourth-order valence-corrected chi connectivity index (χ4v) is 6.48. The van der Waals surface area contributed by atoms with Crippen molar-refractivity contribution >= 4 is 0 Å². The number of benzene rings is 4. The van der Waals surface area contributed by atoms with Crippen LogP contribution < -0.4 is 9.47 Å². The number of fused-ring (bicyclic) bond motifs is 1. The van der Waals surface area contributed by atoms with Gasteiger partial charge in [0, 0.05) is 30.8 Å². The van der Waals surface area contributed by atoms with E-state index in [4.69, 9.17) is 14.5 Å². The second-order valence-corrected chi connectivity index (χ2v) is 12.4. The molecule has 1 aliphatic rings. The van der Waals surface area contributed by atoms with Gasteiger partial charge >= 0.3 is 6.18 Å². The van der Waals surface area contributed by atoms with E-state index in [0.717, 1.165) is 78.6 Å². The quantitative estimate of drug-likeness (QED) is 0.120. The van der Waals surface area contributed by atoms with E-state index in [1.165, 1.54) is 12.1 Å². The zero-order valence-electron chi connectivity index (χ0n) is 27.5. The normalized spacial score (nSPS) is 13.3. The van der Waals surface area contributed by atoms with Gasteiger partial charge in [-0.3, -0.25) is 4.90 Å². The molecule has 0 amide bonds. The summed E-state index contributed by atoms with van der Waals surface area (Å²) in [5.74, 6) is 2.28. The Labute approximate surface area is 281 Å². The minimum absolute atomic E-state index is 0.151. The summed E-state index contributed by atoms with van der Waals surface area (Å²) in [6.07, 6.45) is 0.284. The highest BCUT2D eigenvalue weighted by Gasteiger charge is 2.33. The summed E-state index contributed by atoms with van der Waals surface area (Å²) in [5, 5.41) is 0. The van der Waals surface area contributed by atoms with Gasteiger partial charge in [-0.05, 0) is 42.2 Å². The van der Waals surface area contributed by atoms with Gasteiger partial charge in [0.15, 0.2) is 11.5 Å². The Morgan fingerprint density at radius 1 is 0.750 bits per heavy atom. The van der Waals surface area contributed by atoms with Gasteiger partial charge in [0.05, 0.1) is 23.0 Å². The molecule has 0 saturated carbocycles. The van der Waals surface area contributed by atoms with Crippen LogP contribution in [-0.2, 0) is 25.8 Å². The summed E-state index contributed by atoms with van der Waals surface area (Å²) in [4.78, 5) is 7.70. The van der Waals surface area contributed by atoms with Crippen molar-refractivity contribution in [1.82, 2.24) is 14.5 Å². The van der Waals surface area contributed by atoms with Gasteiger partial charge in [0.25, 0.3) is 0 Å². The molecule has 1 unspecified atom stereocenters. The summed E-state index contributed by atoms with van der Waals surface area (Å²) < 4.78 is 55.4. The SMILES string of the molecule is CCCCC(c1c(-c2ccccc2)nc(-c2ccccc2)n1CCCC)N(Cc1cccc(C(F)(F)F)c1)Cc1ccc2c(c1)OCO2. The van der Waals surface area contributed by atoms with Gasteiger partial charge in [-0.15, -0.1) is 0 Å². The third kappa shape index (κ3) is 7.60. The summed E-state index contributed by atoms with van der Waals surface area (Å²) in [6.45, 7) is 6.12. The second kappa shape index (κ2) is 15.1. The van der Waals surface area contributed by atoms with Gasteiger partial charge in [-0.1, -0.05) is 118 Å². The molecule has 5 aromatic rings. The monoisotopic (exact) mass is 653 g/mol. The predicted octanol–water partition coefficient (Wildman–Crippen LogP) is 10.7. The number of imidazole rings is 1. The van der Waals surface area contributed by atoms with Crippen LogP contribution in [0.5, 0.6) is 11.5 Å². The average Bonchev–Trinajstić information content (AvgIpc) is 3.73. The first-order valence-corrected chi connectivity index (χ1v) is 16.9. The molecule has 8 heteroatoms. The third-order valence-electron chi connectivity index (χ3n) is 8.87. The van der Waals surface area contributed by atoms with Crippen LogP contribution in [0.15, 0.2) is 103 Å². The molecule has 0 spiro atoms. The number of ether oxygens (including phenoxy) is 2. The molecule has 1 aliphatic heterocycles. The first kappa shape index (κ1) is 33.3. The Morgan fingerprint density at radius 2 is 1.42 bits per heavy atom. The fraction of sp³-hybridized carbons (Fsp3) is 0.325. The third-order valence-corrected chi connectivity index (χ3v) is 8.87. The predicted molar refractivity (Wildman–Crippen MR) is 184 cm³/mol. The van der Waals surface area contributed by atoms with E-state index in [0.29, 0.717) is 30.2 Å². The summed E-state index contributed by atoms with van der Waals surface area (Å²) >= 11 is 0. The lowest BCUT2D eigenvalue weighted by Gasteiger charge is -2.34. The Hall–Kier alpha value is -4.56. The molecular weight excluding hydrogens is 611 g/mol. The number of unbranched alkanes of at least 4 members (excludes halogenated alkanes) is 2. The van der Waals surface area contributed by atoms with Crippen LogP contribution in [0.25, 0.3) is 22.6 Å². The lowest BCUT2D eigenvalue weighted by molar-refractivity contribution is -0.137. The lowest BCUT2D eigenvalue weighted by atomic mass is 9.97. The van der Waals surface area contributed by atoms with Crippen molar-refractivity contribution < 1.29 is 22.6 Å². The molecule has 2 heterocycles. The number of rotatable bonds is 14. The van der Waals surface area contributed by atoms with Crippen LogP contribution in [0.2, 0.25) is 0 Å². The summed E-state index contributed by atoms with van der Waals surface area (Å²) in [5.41, 5.74) is 5.02. The Kier molecular flexibility index (Phi) is 10.5. The second-order valence-electron chi connectivity index (χ2n) is 12.4. The van der Waals surface area contributed by atoms with Crippen molar-refractivity contribution in [2.24, 2.45) is 0 Å². The number of alkyl halides is 3. The van der Waals surface area contributed by atoms with Crippen molar-refractivity contribution in [3.05, 3.63) is 126 Å². The highest BCUT2D eigenvalue weighted by atomic mass is 19.4. The van der Waals surface area contributed by atoms with Crippen LogP contribution in [-0.4, -0.2) is 21.2 Å². The Bertz CT molecular complexity index is 1790. The molecule has 0 fully saturated rings. The van der Waals surface area contributed by atoms with Crippen LogP contribution in [0.4, 0.5) is 13.2 Å². The van der Waals surface area contributed by atoms with Gasteiger partial charge in [0.1, 0.15) is 5.82 Å². The van der Waals surface area contributed by atoms with Crippen LogP contribution in [0.1, 0.15) is 74.4 Å². The molecule has 6 rings (SSSR count). The van der Waals surface area contributed by atoms with E-state index in [1.807, 2.05) is 54.6 Å². The maximum Gasteiger partial charge on any atom is 0.416 e. The van der Waals surface area contributed by atoms with Crippen molar-refractivity contribution in [2.45, 2.75) is 77.8 Å². The number of hydrogen-bond donors (Lipinski definition) is 0. The molecule has 0 saturated heterocycles. The van der Waals surface area contributed by atoms with E-state index in [9.17, 15) is 13.2 Å². The number of aromatic nitrogens is 2. The van der Waals surface area contributed by atoms with Crippen molar-refractivity contribution in [1.29, 1.82) is 0 Å². The highest BCUT2D eigenvalue weighted by molar-refractivity contribution is 5.69. The van der Waals surface area contributed by atoms with Crippen LogP contribution >= 0.6 is 0 Å². The molecule has 0 radical (unpaired) electrons. The van der Waals surface area contributed by atoms with Gasteiger partial charge in [0.2, 0.25) is 6.79 Å². The van der Waals surface area contributed by atoms with E-state index in [1.54, 1.807) is 6.07 Å². The number of hydrogen-bond acceptors (Lipinski definition) is 4. The minimum Gasteiger partial charge on any atom is -0.454 e. The molecule has 5 nitrogen and oxygen atoms in total. The topological polar surface area (TPSA) is 39.5 Å². The lowest BCUT2D eigenvalue weighted by Crippen LogP contribution is -2.30. The van der Waals surface area contributed by atoms with Gasteiger partial charge in [-0.25, -0.2) is 4.98 Å². The zero-order valence-corrected chi connectivity index (χ0v) is 27.5. The maximum atomic E-state index is 13.9. The minimum atomic E-state index is -4.43. The zero-order chi connectivity index (χ0) is 33.5. The fourth-order valence-electron chi connectivity index (χ4n) is 6.48. The van der Waals surface area contributed by atoms with E-state index in [-0.39, 0.29) is 12.8 Å². The highest BCUT2D eigenvalue weighted by Crippen LogP contribution is 2.41. The Balaban J connectivity index is 1.54. The molecule has 1 aromatic heterocycles. The van der Waals surface area contributed by atoms with E-state index < -0.39 is 11.7 Å². The van der Waals surface area contributed by atoms with Crippen molar-refractivity contribution in [3.8, 4) is 34.1 Å². The maximum absolute atomic E-state index is 13.9. The summed E-state index contributed by atoms with van der Waals surface area (Å²) in [6, 6.07) is 32.0. The van der Waals surface area contributed by atoms with Crippen molar-refractivity contribution in [2.75, 3.05) is 6.79 Å². The molecule has 48 heavy (non-hydrogen) atoms. The molecule has 250 valence electrons. The number of halogens is 3.